The minimum Gasteiger partial charge on any atom is -0.468 e. The number of carbonyl (C=O) groups excluding carboxylic acids is 2. The Kier molecular flexibility index (Phi) is 5.40. The van der Waals surface area contributed by atoms with Crippen molar-refractivity contribution in [1.29, 1.82) is 0 Å². The lowest BCUT2D eigenvalue weighted by Gasteiger charge is -2.48. The van der Waals surface area contributed by atoms with Crippen LogP contribution in [-0.4, -0.2) is 48.3 Å². The molecule has 0 radical (unpaired) electrons. The Labute approximate surface area is 147 Å². The Bertz CT molecular complexity index is 604. The van der Waals surface area contributed by atoms with Crippen molar-refractivity contribution >= 4 is 23.7 Å². The number of hydrogen-bond acceptors (Lipinski definition) is 5. The number of esters is 1. The van der Waals surface area contributed by atoms with Crippen LogP contribution in [0.3, 0.4) is 0 Å². The third-order valence-corrected chi connectivity index (χ3v) is 3.95. The molecule has 7 heteroatoms. The monoisotopic (exact) mass is 354 g/mol. The molecule has 1 amide bonds. The molecule has 6 nitrogen and oxygen atoms in total. The summed E-state index contributed by atoms with van der Waals surface area (Å²) in [6, 6.07) is 7.34. The summed E-state index contributed by atoms with van der Waals surface area (Å²) in [4.78, 5) is 25.7. The lowest BCUT2D eigenvalue weighted by atomic mass is 9.89. The summed E-state index contributed by atoms with van der Waals surface area (Å²) in [6.45, 7) is 6.30. The maximum Gasteiger partial charge on any atom is 0.410 e. The van der Waals surface area contributed by atoms with Gasteiger partial charge in [0.1, 0.15) is 5.60 Å². The molecule has 1 aliphatic heterocycles. The van der Waals surface area contributed by atoms with Crippen molar-refractivity contribution in [1.82, 2.24) is 10.2 Å². The van der Waals surface area contributed by atoms with E-state index in [0.717, 1.165) is 5.56 Å². The second-order valence-electron chi connectivity index (χ2n) is 6.89. The van der Waals surface area contributed by atoms with E-state index in [2.05, 4.69) is 5.32 Å². The van der Waals surface area contributed by atoms with Crippen molar-refractivity contribution in [3.8, 4) is 0 Å². The number of benzene rings is 1. The Morgan fingerprint density at radius 3 is 2.33 bits per heavy atom. The highest BCUT2D eigenvalue weighted by Gasteiger charge is 2.52. The molecule has 1 saturated heterocycles. The fourth-order valence-electron chi connectivity index (χ4n) is 2.44. The number of likely N-dealkylation sites (tertiary alicyclic amines) is 1. The van der Waals surface area contributed by atoms with Crippen LogP contribution in [0.15, 0.2) is 24.3 Å². The van der Waals surface area contributed by atoms with E-state index in [0.29, 0.717) is 11.6 Å². The second-order valence-corrected chi connectivity index (χ2v) is 7.33. The van der Waals surface area contributed by atoms with E-state index in [4.69, 9.17) is 21.1 Å². The van der Waals surface area contributed by atoms with Crippen LogP contribution in [0, 0.1) is 0 Å². The fraction of sp³-hybridized carbons (Fsp3) is 0.529. The number of rotatable bonds is 4. The van der Waals surface area contributed by atoms with E-state index in [-0.39, 0.29) is 13.1 Å². The van der Waals surface area contributed by atoms with Crippen molar-refractivity contribution < 1.29 is 19.1 Å². The van der Waals surface area contributed by atoms with Gasteiger partial charge in [-0.05, 0) is 38.5 Å². The van der Waals surface area contributed by atoms with Crippen molar-refractivity contribution in [3.05, 3.63) is 34.9 Å². The smallest absolute Gasteiger partial charge is 0.410 e. The number of amides is 1. The van der Waals surface area contributed by atoms with Crippen LogP contribution in [0.2, 0.25) is 5.02 Å². The molecule has 1 aromatic carbocycles. The summed E-state index contributed by atoms with van der Waals surface area (Å²) in [5.41, 5.74) is -0.499. The van der Waals surface area contributed by atoms with Crippen LogP contribution in [0.5, 0.6) is 0 Å². The van der Waals surface area contributed by atoms with E-state index in [1.54, 1.807) is 32.9 Å². The van der Waals surface area contributed by atoms with Gasteiger partial charge in [-0.25, -0.2) is 9.59 Å². The molecule has 0 saturated carbocycles. The molecule has 1 fully saturated rings. The third kappa shape index (κ3) is 4.39. The van der Waals surface area contributed by atoms with E-state index in [1.165, 1.54) is 12.0 Å². The molecule has 24 heavy (non-hydrogen) atoms. The van der Waals surface area contributed by atoms with Gasteiger partial charge in [-0.2, -0.15) is 0 Å². The topological polar surface area (TPSA) is 67.9 Å². The average Bonchev–Trinajstić information content (AvgIpc) is 2.45. The molecule has 0 atom stereocenters. The molecule has 0 bridgehead atoms. The summed E-state index contributed by atoms with van der Waals surface area (Å²) < 4.78 is 10.2. The predicted molar refractivity (Wildman–Crippen MR) is 90.8 cm³/mol. The first-order valence-corrected chi connectivity index (χ1v) is 8.09. The Morgan fingerprint density at radius 2 is 1.83 bits per heavy atom. The molecular weight excluding hydrogens is 332 g/mol. The van der Waals surface area contributed by atoms with Crippen LogP contribution in [0.1, 0.15) is 26.3 Å². The zero-order valence-electron chi connectivity index (χ0n) is 14.4. The Balaban J connectivity index is 1.99. The molecule has 1 heterocycles. The standard InChI is InChI=1S/C17H23ClN2O4/c1-16(2,3)24-15(22)20-10-17(11-20,14(21)23-4)19-9-12-5-7-13(18)8-6-12/h5-8,19H,9-11H2,1-4H3. The molecule has 0 unspecified atom stereocenters. The minimum absolute atomic E-state index is 0.210. The van der Waals surface area contributed by atoms with Gasteiger partial charge >= 0.3 is 12.1 Å². The van der Waals surface area contributed by atoms with Crippen molar-refractivity contribution in [2.24, 2.45) is 0 Å². The van der Waals surface area contributed by atoms with Crippen molar-refractivity contribution in [2.75, 3.05) is 20.2 Å². The maximum atomic E-state index is 12.2. The lowest BCUT2D eigenvalue weighted by Crippen LogP contribution is -2.74. The Morgan fingerprint density at radius 1 is 1.25 bits per heavy atom. The first-order valence-electron chi connectivity index (χ1n) is 7.71. The highest BCUT2D eigenvalue weighted by Crippen LogP contribution is 2.25. The number of nitrogens with one attached hydrogen (secondary N) is 1. The summed E-state index contributed by atoms with van der Waals surface area (Å²) >= 11 is 5.87. The van der Waals surface area contributed by atoms with Gasteiger partial charge in [0.05, 0.1) is 20.2 Å². The van der Waals surface area contributed by atoms with Gasteiger partial charge in [0.2, 0.25) is 0 Å². The molecule has 0 aromatic heterocycles. The van der Waals surface area contributed by atoms with E-state index < -0.39 is 23.2 Å². The van der Waals surface area contributed by atoms with Crippen LogP contribution in [0.4, 0.5) is 4.79 Å². The molecule has 0 spiro atoms. The van der Waals surface area contributed by atoms with Crippen LogP contribution < -0.4 is 5.32 Å². The number of hydrogen-bond donors (Lipinski definition) is 1. The number of nitrogens with zero attached hydrogens (tertiary/aromatic N) is 1. The lowest BCUT2D eigenvalue weighted by molar-refractivity contribution is -0.156. The summed E-state index contributed by atoms with van der Waals surface area (Å²) in [7, 11) is 1.34. The normalized spacial score (nSPS) is 16.3. The number of halogens is 1. The molecule has 0 aliphatic carbocycles. The highest BCUT2D eigenvalue weighted by molar-refractivity contribution is 6.30. The highest BCUT2D eigenvalue weighted by atomic mass is 35.5. The number of methoxy groups -OCH3 is 1. The summed E-state index contributed by atoms with van der Waals surface area (Å²) in [5.74, 6) is -0.392. The van der Waals surface area contributed by atoms with Gasteiger partial charge in [0.15, 0.2) is 5.54 Å². The number of carbonyl (C=O) groups is 2. The predicted octanol–water partition coefficient (Wildman–Crippen LogP) is 2.59. The molecule has 1 aliphatic rings. The summed E-state index contributed by atoms with van der Waals surface area (Å²) in [5, 5.41) is 3.85. The Hall–Kier alpha value is -1.79. The van der Waals surface area contributed by atoms with Crippen molar-refractivity contribution in [3.63, 3.8) is 0 Å². The van der Waals surface area contributed by atoms with Gasteiger partial charge in [0.25, 0.3) is 0 Å². The van der Waals surface area contributed by atoms with Crippen LogP contribution in [-0.2, 0) is 20.8 Å². The summed E-state index contributed by atoms with van der Waals surface area (Å²) in [6.07, 6.45) is -0.435. The van der Waals surface area contributed by atoms with Gasteiger partial charge in [-0.3, -0.25) is 5.32 Å². The fourth-order valence-corrected chi connectivity index (χ4v) is 2.57. The molecule has 2 rings (SSSR count). The molecule has 132 valence electrons. The zero-order chi connectivity index (χ0) is 18.0. The molecular formula is C17H23ClN2O4. The van der Waals surface area contributed by atoms with Crippen LogP contribution >= 0.6 is 11.6 Å². The van der Waals surface area contributed by atoms with Crippen molar-refractivity contribution in [2.45, 2.75) is 38.5 Å². The van der Waals surface area contributed by atoms with Gasteiger partial charge in [0, 0.05) is 11.6 Å². The average molecular weight is 355 g/mol. The first kappa shape index (κ1) is 18.5. The number of ether oxygens (including phenoxy) is 2. The van der Waals surface area contributed by atoms with E-state index in [9.17, 15) is 9.59 Å². The van der Waals surface area contributed by atoms with Gasteiger partial charge < -0.3 is 14.4 Å². The SMILES string of the molecule is COC(=O)C1(NCc2ccc(Cl)cc2)CN(C(=O)OC(C)(C)C)C1. The molecule has 1 N–H and O–H groups in total. The molecule has 1 aromatic rings. The maximum absolute atomic E-state index is 12.2. The zero-order valence-corrected chi connectivity index (χ0v) is 15.1. The second kappa shape index (κ2) is 6.99. The quantitative estimate of drug-likeness (QED) is 0.842. The van der Waals surface area contributed by atoms with E-state index >= 15 is 0 Å². The largest absolute Gasteiger partial charge is 0.468 e. The van der Waals surface area contributed by atoms with Gasteiger partial charge in [-0.15, -0.1) is 0 Å². The minimum atomic E-state index is -0.911. The third-order valence-electron chi connectivity index (χ3n) is 3.69. The van der Waals surface area contributed by atoms with Crippen LogP contribution in [0.25, 0.3) is 0 Å². The van der Waals surface area contributed by atoms with Gasteiger partial charge in [-0.1, -0.05) is 23.7 Å². The first-order chi connectivity index (χ1) is 11.1. The van der Waals surface area contributed by atoms with E-state index in [1.807, 2.05) is 12.1 Å².